The quantitative estimate of drug-likeness (QED) is 0.680. The molecular formula is C14H22NO4P. The molecule has 1 atom stereocenters. The second kappa shape index (κ2) is 5.14. The van der Waals surface area contributed by atoms with Crippen LogP contribution in [0.2, 0.25) is 0 Å². The third-order valence-corrected chi connectivity index (χ3v) is 5.81. The summed E-state index contributed by atoms with van der Waals surface area (Å²) in [7, 11) is -3.19. The summed E-state index contributed by atoms with van der Waals surface area (Å²) < 4.78 is 23.8. The molecule has 5 nitrogen and oxygen atoms in total. The number of rotatable bonds is 3. The van der Waals surface area contributed by atoms with Crippen LogP contribution in [0.15, 0.2) is 6.07 Å². The van der Waals surface area contributed by atoms with Crippen molar-refractivity contribution in [2.45, 2.75) is 40.3 Å². The van der Waals surface area contributed by atoms with Gasteiger partial charge in [0.05, 0.1) is 18.9 Å². The normalized spacial score (nSPS) is 22.4. The number of aromatic amines is 1. The van der Waals surface area contributed by atoms with E-state index in [-0.39, 0.29) is 11.2 Å². The topological polar surface area (TPSA) is 68.4 Å². The van der Waals surface area contributed by atoms with Gasteiger partial charge in [-0.25, -0.2) is 0 Å². The number of hydrogen-bond donors (Lipinski definition) is 1. The van der Waals surface area contributed by atoms with Gasteiger partial charge in [0.15, 0.2) is 5.78 Å². The van der Waals surface area contributed by atoms with Gasteiger partial charge in [0.1, 0.15) is 0 Å². The Morgan fingerprint density at radius 1 is 1.40 bits per heavy atom. The third kappa shape index (κ3) is 2.90. The summed E-state index contributed by atoms with van der Waals surface area (Å²) in [6, 6.07) is 1.74. The Morgan fingerprint density at radius 2 is 1.95 bits per heavy atom. The lowest BCUT2D eigenvalue weighted by Gasteiger charge is -2.36. The lowest BCUT2D eigenvalue weighted by molar-refractivity contribution is 0.0383. The SMILES string of the molecule is CC(=O)c1cc(C(C)P2(=O)OCC(C)(C)CO2)[nH]c1C. The van der Waals surface area contributed by atoms with E-state index in [1.165, 1.54) is 6.92 Å². The maximum Gasteiger partial charge on any atom is 0.339 e. The van der Waals surface area contributed by atoms with Gasteiger partial charge < -0.3 is 14.0 Å². The summed E-state index contributed by atoms with van der Waals surface area (Å²) in [5.74, 6) is -0.0119. The van der Waals surface area contributed by atoms with Gasteiger partial charge in [0.2, 0.25) is 0 Å². The highest BCUT2D eigenvalue weighted by molar-refractivity contribution is 7.54. The zero-order valence-electron chi connectivity index (χ0n) is 12.6. The van der Waals surface area contributed by atoms with Gasteiger partial charge in [-0.15, -0.1) is 0 Å². The van der Waals surface area contributed by atoms with Crippen molar-refractivity contribution in [3.05, 3.63) is 23.0 Å². The van der Waals surface area contributed by atoms with Crippen LogP contribution in [-0.4, -0.2) is 24.0 Å². The molecule has 1 N–H and O–H groups in total. The Kier molecular flexibility index (Phi) is 3.98. The first-order valence-corrected chi connectivity index (χ1v) is 8.35. The molecule has 112 valence electrons. The molecule has 0 saturated carbocycles. The molecule has 2 heterocycles. The highest BCUT2D eigenvalue weighted by Crippen LogP contribution is 2.63. The predicted molar refractivity (Wildman–Crippen MR) is 77.2 cm³/mol. The number of aromatic nitrogens is 1. The number of carbonyl (C=O) groups is 1. The van der Waals surface area contributed by atoms with E-state index < -0.39 is 13.3 Å². The van der Waals surface area contributed by atoms with Crippen LogP contribution < -0.4 is 0 Å². The molecule has 0 aliphatic carbocycles. The highest BCUT2D eigenvalue weighted by Gasteiger charge is 2.42. The molecule has 1 aromatic heterocycles. The molecular weight excluding hydrogens is 277 g/mol. The van der Waals surface area contributed by atoms with Crippen LogP contribution in [0.1, 0.15) is 55.1 Å². The Balaban J connectivity index is 2.23. The summed E-state index contributed by atoms with van der Waals surface area (Å²) >= 11 is 0. The smallest absolute Gasteiger partial charge is 0.339 e. The molecule has 1 aliphatic rings. The van der Waals surface area contributed by atoms with E-state index in [2.05, 4.69) is 4.98 Å². The second-order valence-corrected chi connectivity index (χ2v) is 8.62. The van der Waals surface area contributed by atoms with Gasteiger partial charge in [-0.05, 0) is 26.8 Å². The maximum atomic E-state index is 12.8. The highest BCUT2D eigenvalue weighted by atomic mass is 31.2. The number of ketones is 1. The van der Waals surface area contributed by atoms with E-state index in [0.717, 1.165) is 11.4 Å². The van der Waals surface area contributed by atoms with Crippen LogP contribution in [0, 0.1) is 12.3 Å². The van der Waals surface area contributed by atoms with E-state index in [1.54, 1.807) is 13.0 Å². The number of nitrogens with one attached hydrogen (secondary N) is 1. The monoisotopic (exact) mass is 299 g/mol. The number of aryl methyl sites for hydroxylation is 1. The van der Waals surface area contributed by atoms with Crippen molar-refractivity contribution in [2.75, 3.05) is 13.2 Å². The summed E-state index contributed by atoms with van der Waals surface area (Å²) in [6.45, 7) is 9.98. The predicted octanol–water partition coefficient (Wildman–Crippen LogP) is 3.85. The zero-order chi connectivity index (χ0) is 15.1. The number of H-pyrrole nitrogens is 1. The lowest BCUT2D eigenvalue weighted by Crippen LogP contribution is -2.30. The summed E-state index contributed by atoms with van der Waals surface area (Å²) in [5, 5.41) is 0. The van der Waals surface area contributed by atoms with Gasteiger partial charge >= 0.3 is 7.60 Å². The van der Waals surface area contributed by atoms with E-state index in [4.69, 9.17) is 9.05 Å². The fraction of sp³-hybridized carbons (Fsp3) is 0.643. The van der Waals surface area contributed by atoms with Crippen LogP contribution >= 0.6 is 7.60 Å². The molecule has 1 saturated heterocycles. The van der Waals surface area contributed by atoms with Gasteiger partial charge in [0.25, 0.3) is 0 Å². The van der Waals surface area contributed by atoms with Crippen LogP contribution in [0.4, 0.5) is 0 Å². The van der Waals surface area contributed by atoms with Gasteiger partial charge in [-0.3, -0.25) is 9.36 Å². The molecule has 1 aliphatic heterocycles. The Labute approximate surface area is 119 Å². The van der Waals surface area contributed by atoms with Crippen molar-refractivity contribution in [1.82, 2.24) is 4.98 Å². The van der Waals surface area contributed by atoms with Gasteiger partial charge in [0, 0.05) is 22.4 Å². The van der Waals surface area contributed by atoms with Crippen LogP contribution in [0.3, 0.4) is 0 Å². The van der Waals surface area contributed by atoms with E-state index in [0.29, 0.717) is 18.8 Å². The van der Waals surface area contributed by atoms with E-state index in [9.17, 15) is 9.36 Å². The molecule has 20 heavy (non-hydrogen) atoms. The molecule has 2 rings (SSSR count). The zero-order valence-corrected chi connectivity index (χ0v) is 13.5. The molecule has 0 spiro atoms. The molecule has 1 fully saturated rings. The minimum atomic E-state index is -3.19. The largest absolute Gasteiger partial charge is 0.361 e. The summed E-state index contributed by atoms with van der Waals surface area (Å²) in [5.41, 5.74) is 1.59. The average molecular weight is 299 g/mol. The Morgan fingerprint density at radius 3 is 2.40 bits per heavy atom. The molecule has 0 radical (unpaired) electrons. The van der Waals surface area contributed by atoms with Crippen molar-refractivity contribution in [3.8, 4) is 0 Å². The van der Waals surface area contributed by atoms with Crippen molar-refractivity contribution < 1.29 is 18.4 Å². The summed E-state index contributed by atoms with van der Waals surface area (Å²) in [4.78, 5) is 14.6. The number of Topliss-reactive ketones (excluding diaryl/α,β-unsaturated/α-hetero) is 1. The van der Waals surface area contributed by atoms with Crippen LogP contribution in [-0.2, 0) is 13.6 Å². The van der Waals surface area contributed by atoms with E-state index in [1.807, 2.05) is 20.8 Å². The first kappa shape index (κ1) is 15.5. The van der Waals surface area contributed by atoms with Gasteiger partial charge in [-0.2, -0.15) is 0 Å². The first-order chi connectivity index (χ1) is 9.15. The molecule has 1 aromatic rings. The average Bonchev–Trinajstić information content (AvgIpc) is 2.75. The fourth-order valence-electron chi connectivity index (χ4n) is 2.18. The van der Waals surface area contributed by atoms with Gasteiger partial charge in [-0.1, -0.05) is 13.8 Å². The molecule has 1 unspecified atom stereocenters. The second-order valence-electron chi connectivity index (χ2n) is 6.25. The van der Waals surface area contributed by atoms with Crippen molar-refractivity contribution in [2.24, 2.45) is 5.41 Å². The minimum absolute atomic E-state index is 0.0119. The van der Waals surface area contributed by atoms with Crippen LogP contribution in [0.5, 0.6) is 0 Å². The van der Waals surface area contributed by atoms with Crippen molar-refractivity contribution in [3.63, 3.8) is 0 Å². The lowest BCUT2D eigenvalue weighted by atomic mass is 9.97. The third-order valence-electron chi connectivity index (χ3n) is 3.61. The minimum Gasteiger partial charge on any atom is -0.361 e. The number of carbonyl (C=O) groups excluding carboxylic acids is 1. The van der Waals surface area contributed by atoms with Crippen molar-refractivity contribution >= 4 is 13.4 Å². The standard InChI is InChI=1S/C14H22NO4P/c1-9-12(10(2)16)6-13(15-9)11(3)20(17)18-7-14(4,5)8-19-20/h6,11,15H,7-8H2,1-5H3. The van der Waals surface area contributed by atoms with E-state index >= 15 is 0 Å². The molecule has 0 amide bonds. The van der Waals surface area contributed by atoms with Crippen LogP contribution in [0.25, 0.3) is 0 Å². The number of hydrogen-bond acceptors (Lipinski definition) is 4. The first-order valence-electron chi connectivity index (χ1n) is 6.74. The van der Waals surface area contributed by atoms with Crippen molar-refractivity contribution in [1.29, 1.82) is 0 Å². The summed E-state index contributed by atoms with van der Waals surface area (Å²) in [6.07, 6.45) is 0. The fourth-order valence-corrected chi connectivity index (χ4v) is 4.24. The Hall–Kier alpha value is -0.900. The molecule has 6 heteroatoms. The molecule has 0 aromatic carbocycles. The maximum absolute atomic E-state index is 12.8. The molecule has 0 bridgehead atoms. The Bertz CT molecular complexity index is 562.